The van der Waals surface area contributed by atoms with Crippen LogP contribution in [0.1, 0.15) is 36.7 Å². The van der Waals surface area contributed by atoms with E-state index in [1.54, 1.807) is 57.2 Å². The lowest BCUT2D eigenvalue weighted by molar-refractivity contribution is -0.384. The number of hydrogen-bond donors (Lipinski definition) is 0. The van der Waals surface area contributed by atoms with E-state index in [0.29, 0.717) is 11.3 Å². The van der Waals surface area contributed by atoms with Crippen molar-refractivity contribution in [2.45, 2.75) is 26.4 Å². The first-order chi connectivity index (χ1) is 13.7. The van der Waals surface area contributed by atoms with Crippen LogP contribution < -0.4 is 4.74 Å². The average Bonchev–Trinajstić information content (AvgIpc) is 2.66. The average molecular weight is 390 g/mol. The van der Waals surface area contributed by atoms with Crippen molar-refractivity contribution in [3.8, 4) is 17.6 Å². The third-order valence-corrected chi connectivity index (χ3v) is 3.96. The first-order valence-electron chi connectivity index (χ1n) is 8.80. The number of ether oxygens (including phenoxy) is 2. The van der Waals surface area contributed by atoms with Gasteiger partial charge < -0.3 is 9.47 Å². The van der Waals surface area contributed by atoms with E-state index in [1.807, 2.05) is 0 Å². The SMILES string of the molecule is CC(C)(C)OC(=O)c1ccc([N+](=O)[O-])cc1Oc1ccc2cc(C#N)ccc2c1. The Balaban J connectivity index is 2.01. The zero-order chi connectivity index (χ0) is 21.2. The fourth-order valence-corrected chi connectivity index (χ4v) is 2.69. The summed E-state index contributed by atoms with van der Waals surface area (Å²) in [7, 11) is 0. The number of carbonyl (C=O) groups excluding carboxylic acids is 1. The number of nitrogens with zero attached hydrogens (tertiary/aromatic N) is 2. The molecule has 0 saturated heterocycles. The molecule has 0 amide bonds. The molecule has 0 aliphatic heterocycles. The van der Waals surface area contributed by atoms with Gasteiger partial charge in [-0.3, -0.25) is 10.1 Å². The summed E-state index contributed by atoms with van der Waals surface area (Å²) in [5, 5.41) is 21.8. The highest BCUT2D eigenvalue weighted by Crippen LogP contribution is 2.32. The van der Waals surface area contributed by atoms with Crippen molar-refractivity contribution in [3.05, 3.63) is 75.8 Å². The number of hydrogen-bond acceptors (Lipinski definition) is 6. The van der Waals surface area contributed by atoms with Crippen LogP contribution >= 0.6 is 0 Å². The number of fused-ring (bicyclic) bond motifs is 1. The number of rotatable bonds is 4. The molecular formula is C22H18N2O5. The molecule has 0 bridgehead atoms. The molecule has 0 N–H and O–H groups in total. The van der Waals surface area contributed by atoms with Gasteiger partial charge in [0.05, 0.1) is 22.6 Å². The predicted octanol–water partition coefficient (Wildman–Crippen LogP) is 5.37. The second-order valence-corrected chi connectivity index (χ2v) is 7.38. The number of benzene rings is 3. The van der Waals surface area contributed by atoms with Crippen LogP contribution in [-0.2, 0) is 4.74 Å². The Hall–Kier alpha value is -3.92. The van der Waals surface area contributed by atoms with Crippen molar-refractivity contribution in [3.63, 3.8) is 0 Å². The first-order valence-corrected chi connectivity index (χ1v) is 8.80. The lowest BCUT2D eigenvalue weighted by Gasteiger charge is -2.20. The van der Waals surface area contributed by atoms with E-state index >= 15 is 0 Å². The molecule has 0 aliphatic carbocycles. The van der Waals surface area contributed by atoms with Gasteiger partial charge in [-0.15, -0.1) is 0 Å². The number of nitriles is 1. The molecule has 29 heavy (non-hydrogen) atoms. The fraction of sp³-hybridized carbons (Fsp3) is 0.182. The lowest BCUT2D eigenvalue weighted by atomic mass is 10.1. The minimum atomic E-state index is -0.725. The van der Waals surface area contributed by atoms with Crippen LogP contribution in [-0.4, -0.2) is 16.5 Å². The van der Waals surface area contributed by atoms with E-state index in [1.165, 1.54) is 18.2 Å². The van der Waals surface area contributed by atoms with E-state index in [4.69, 9.17) is 14.7 Å². The molecule has 3 aromatic carbocycles. The van der Waals surface area contributed by atoms with Gasteiger partial charge in [0.2, 0.25) is 0 Å². The van der Waals surface area contributed by atoms with Gasteiger partial charge in [-0.1, -0.05) is 12.1 Å². The minimum Gasteiger partial charge on any atom is -0.456 e. The summed E-state index contributed by atoms with van der Waals surface area (Å²) in [5.74, 6) is -0.212. The van der Waals surface area contributed by atoms with Crippen molar-refractivity contribution in [1.82, 2.24) is 0 Å². The van der Waals surface area contributed by atoms with E-state index in [2.05, 4.69) is 6.07 Å². The van der Waals surface area contributed by atoms with E-state index in [-0.39, 0.29) is 17.0 Å². The van der Waals surface area contributed by atoms with Crippen LogP contribution in [0.4, 0.5) is 5.69 Å². The maximum absolute atomic E-state index is 12.5. The maximum atomic E-state index is 12.5. The third kappa shape index (κ3) is 4.68. The van der Waals surface area contributed by atoms with Crippen LogP contribution in [0.25, 0.3) is 10.8 Å². The second-order valence-electron chi connectivity index (χ2n) is 7.38. The molecule has 0 fully saturated rings. The molecule has 0 saturated carbocycles. The molecule has 0 atom stereocenters. The molecule has 7 heteroatoms. The van der Waals surface area contributed by atoms with Crippen LogP contribution in [0.2, 0.25) is 0 Å². The highest BCUT2D eigenvalue weighted by molar-refractivity contribution is 5.93. The molecule has 0 spiro atoms. The van der Waals surface area contributed by atoms with E-state index in [0.717, 1.165) is 10.8 Å². The summed E-state index contributed by atoms with van der Waals surface area (Å²) >= 11 is 0. The van der Waals surface area contributed by atoms with Gasteiger partial charge in [-0.05, 0) is 61.9 Å². The van der Waals surface area contributed by atoms with Gasteiger partial charge >= 0.3 is 5.97 Å². The minimum absolute atomic E-state index is 0.0291. The lowest BCUT2D eigenvalue weighted by Crippen LogP contribution is -2.24. The van der Waals surface area contributed by atoms with E-state index in [9.17, 15) is 14.9 Å². The Bertz CT molecular complexity index is 1160. The second kappa shape index (κ2) is 7.60. The zero-order valence-corrected chi connectivity index (χ0v) is 16.1. The predicted molar refractivity (Wildman–Crippen MR) is 107 cm³/mol. The molecule has 0 radical (unpaired) electrons. The van der Waals surface area contributed by atoms with Gasteiger partial charge in [0.15, 0.2) is 0 Å². The number of nitro groups is 1. The topological polar surface area (TPSA) is 102 Å². The smallest absolute Gasteiger partial charge is 0.342 e. The first kappa shape index (κ1) is 19.8. The Morgan fingerprint density at radius 2 is 1.72 bits per heavy atom. The number of esters is 1. The summed E-state index contributed by atoms with van der Waals surface area (Å²) < 4.78 is 11.2. The maximum Gasteiger partial charge on any atom is 0.342 e. The molecule has 0 unspecified atom stereocenters. The summed E-state index contributed by atoms with van der Waals surface area (Å²) in [6.07, 6.45) is 0. The normalized spacial score (nSPS) is 11.0. The molecule has 0 aromatic heterocycles. The van der Waals surface area contributed by atoms with Crippen LogP contribution in [0.5, 0.6) is 11.5 Å². The van der Waals surface area contributed by atoms with Gasteiger partial charge in [0, 0.05) is 6.07 Å². The van der Waals surface area contributed by atoms with E-state index < -0.39 is 16.5 Å². The molecule has 3 rings (SSSR count). The molecular weight excluding hydrogens is 372 g/mol. The monoisotopic (exact) mass is 390 g/mol. The van der Waals surface area contributed by atoms with Crippen LogP contribution in [0.3, 0.4) is 0 Å². The van der Waals surface area contributed by atoms with Crippen LogP contribution in [0, 0.1) is 21.4 Å². The summed E-state index contributed by atoms with van der Waals surface area (Å²) in [5.41, 5.74) is -0.299. The molecule has 146 valence electrons. The Morgan fingerprint density at radius 1 is 1.03 bits per heavy atom. The van der Waals surface area contributed by atoms with Crippen LogP contribution in [0.15, 0.2) is 54.6 Å². The van der Waals surface area contributed by atoms with Crippen molar-refractivity contribution in [2.75, 3.05) is 0 Å². The van der Waals surface area contributed by atoms with Gasteiger partial charge in [0.25, 0.3) is 5.69 Å². The number of carbonyl (C=O) groups is 1. The molecule has 0 aliphatic rings. The Labute approximate surface area is 167 Å². The largest absolute Gasteiger partial charge is 0.456 e. The van der Waals surface area contributed by atoms with Crippen molar-refractivity contribution in [2.24, 2.45) is 0 Å². The quantitative estimate of drug-likeness (QED) is 0.337. The van der Waals surface area contributed by atoms with Crippen molar-refractivity contribution in [1.29, 1.82) is 5.26 Å². The zero-order valence-electron chi connectivity index (χ0n) is 16.1. The summed E-state index contributed by atoms with van der Waals surface area (Å²) in [6.45, 7) is 5.20. The standard InChI is InChI=1S/C22H18N2O5/c1-22(2,3)29-21(25)19-9-7-17(24(26)27)12-20(19)28-18-8-6-15-10-14(13-23)4-5-16(15)11-18/h4-12H,1-3H3. The Morgan fingerprint density at radius 3 is 2.38 bits per heavy atom. The van der Waals surface area contributed by atoms with Gasteiger partial charge in [-0.2, -0.15) is 5.26 Å². The highest BCUT2D eigenvalue weighted by Gasteiger charge is 2.23. The van der Waals surface area contributed by atoms with Crippen molar-refractivity contribution < 1.29 is 19.2 Å². The summed E-state index contributed by atoms with van der Waals surface area (Å²) in [4.78, 5) is 23.1. The molecule has 7 nitrogen and oxygen atoms in total. The van der Waals surface area contributed by atoms with Gasteiger partial charge in [-0.25, -0.2) is 4.79 Å². The molecule has 3 aromatic rings. The molecule has 0 heterocycles. The summed E-state index contributed by atoms with van der Waals surface area (Å²) in [6, 6.07) is 16.2. The van der Waals surface area contributed by atoms with Gasteiger partial charge in [0.1, 0.15) is 22.7 Å². The highest BCUT2D eigenvalue weighted by atomic mass is 16.6. The number of nitro benzene ring substituents is 1. The van der Waals surface area contributed by atoms with Crippen molar-refractivity contribution >= 4 is 22.4 Å². The fourth-order valence-electron chi connectivity index (χ4n) is 2.69. The third-order valence-electron chi connectivity index (χ3n) is 3.96. The Kier molecular flexibility index (Phi) is 5.20. The number of non-ortho nitro benzene ring substituents is 1.